The van der Waals surface area contributed by atoms with Crippen molar-refractivity contribution in [2.24, 2.45) is 0 Å². The molecule has 0 rings (SSSR count). The van der Waals surface area contributed by atoms with Gasteiger partial charge < -0.3 is 24.1 Å². The first kappa shape index (κ1) is 24.7. The molecule has 0 aromatic heterocycles. The van der Waals surface area contributed by atoms with Crippen LogP contribution in [-0.4, -0.2) is 56.6 Å². The number of carbonyl (C=O) groups is 4. The van der Waals surface area contributed by atoms with Crippen LogP contribution in [0.15, 0.2) is 0 Å². The van der Waals surface area contributed by atoms with E-state index < -0.39 is 24.1 Å². The van der Waals surface area contributed by atoms with Crippen LogP contribution in [0, 0.1) is 0 Å². The summed E-state index contributed by atoms with van der Waals surface area (Å²) in [4.78, 5) is 40.0. The van der Waals surface area contributed by atoms with Crippen LogP contribution in [0.25, 0.3) is 0 Å². The average Bonchev–Trinajstić information content (AvgIpc) is 2.45. The summed E-state index contributed by atoms with van der Waals surface area (Å²) in [7, 11) is 2.55. The summed E-state index contributed by atoms with van der Waals surface area (Å²) in [5, 5.41) is 7.42. The lowest BCUT2D eigenvalue weighted by Crippen LogP contribution is -2.06. The average molecular weight is 324 g/mol. The molecule has 0 aromatic carbocycles. The molecule has 0 aliphatic heterocycles. The molecule has 0 saturated carbocycles. The molecule has 130 valence electrons. The molecule has 0 aromatic rings. The second kappa shape index (κ2) is 18.7. The third kappa shape index (κ3) is 30.6. The molecule has 22 heavy (non-hydrogen) atoms. The van der Waals surface area contributed by atoms with Crippen molar-refractivity contribution >= 4 is 24.1 Å². The zero-order chi connectivity index (χ0) is 18.0. The fraction of sp³-hybridized carbons (Fsp3) is 0.692. The predicted molar refractivity (Wildman–Crippen MR) is 75.2 cm³/mol. The van der Waals surface area contributed by atoms with Gasteiger partial charge in [0, 0.05) is 6.92 Å². The van der Waals surface area contributed by atoms with E-state index in [2.05, 4.69) is 18.9 Å². The van der Waals surface area contributed by atoms with Crippen molar-refractivity contribution in [2.45, 2.75) is 33.6 Å². The number of ether oxygens (including phenoxy) is 4. The lowest BCUT2D eigenvalue weighted by Gasteiger charge is -1.98. The Hall–Kier alpha value is -2.32. The van der Waals surface area contributed by atoms with Gasteiger partial charge in [0.05, 0.1) is 40.3 Å². The van der Waals surface area contributed by atoms with Gasteiger partial charge in [-0.2, -0.15) is 0 Å². The molecule has 0 saturated heterocycles. The number of hydrogen-bond acceptors (Lipinski definition) is 8. The summed E-state index contributed by atoms with van der Waals surface area (Å²) >= 11 is 0. The van der Waals surface area contributed by atoms with E-state index in [9.17, 15) is 14.4 Å². The quantitative estimate of drug-likeness (QED) is 0.589. The van der Waals surface area contributed by atoms with Crippen LogP contribution in [0.3, 0.4) is 0 Å². The van der Waals surface area contributed by atoms with E-state index in [0.29, 0.717) is 13.2 Å². The van der Waals surface area contributed by atoms with Gasteiger partial charge in [-0.15, -0.1) is 0 Å². The van der Waals surface area contributed by atoms with Gasteiger partial charge in [0.25, 0.3) is 5.97 Å². The Kier molecular flexibility index (Phi) is 21.0. The molecule has 0 aliphatic carbocycles. The van der Waals surface area contributed by atoms with Gasteiger partial charge in [-0.3, -0.25) is 14.4 Å². The molecule has 0 unspecified atom stereocenters. The molecule has 0 fully saturated rings. The fourth-order valence-electron chi connectivity index (χ4n) is 0.686. The van der Waals surface area contributed by atoms with Crippen molar-refractivity contribution < 1.29 is 43.2 Å². The number of esters is 2. The van der Waals surface area contributed by atoms with E-state index in [4.69, 9.17) is 9.90 Å². The number of aliphatic carboxylic acids is 1. The molecule has 0 aliphatic rings. The number of carboxylic acid groups (broad SMARTS) is 1. The molecule has 0 atom stereocenters. The molecule has 9 heteroatoms. The molecule has 9 nitrogen and oxygen atoms in total. The first-order valence-electron chi connectivity index (χ1n) is 6.37. The second-order valence-electron chi connectivity index (χ2n) is 3.29. The first-order valence-corrected chi connectivity index (χ1v) is 6.37. The van der Waals surface area contributed by atoms with E-state index >= 15 is 0 Å². The Bertz CT molecular complexity index is 297. The molecular weight excluding hydrogens is 300 g/mol. The fourth-order valence-corrected chi connectivity index (χ4v) is 0.686. The number of methoxy groups -OCH3 is 2. The van der Waals surface area contributed by atoms with Crippen molar-refractivity contribution in [3.63, 3.8) is 0 Å². The van der Waals surface area contributed by atoms with Crippen LogP contribution in [0.4, 0.5) is 4.79 Å². The van der Waals surface area contributed by atoms with Gasteiger partial charge in [0.15, 0.2) is 0 Å². The van der Waals surface area contributed by atoms with E-state index in [1.165, 1.54) is 14.2 Å². The van der Waals surface area contributed by atoms with Crippen LogP contribution in [0.5, 0.6) is 0 Å². The summed E-state index contributed by atoms with van der Waals surface area (Å²) < 4.78 is 17.4. The molecule has 0 spiro atoms. The van der Waals surface area contributed by atoms with E-state index in [1.54, 1.807) is 13.8 Å². The van der Waals surface area contributed by atoms with Gasteiger partial charge >= 0.3 is 18.1 Å². The van der Waals surface area contributed by atoms with Crippen LogP contribution >= 0.6 is 0 Å². The Morgan fingerprint density at radius 2 is 1.09 bits per heavy atom. The molecule has 0 radical (unpaired) electrons. The Morgan fingerprint density at radius 1 is 0.818 bits per heavy atom. The Labute approximate surface area is 129 Å². The lowest BCUT2D eigenvalue weighted by molar-refractivity contribution is -0.147. The van der Waals surface area contributed by atoms with Crippen molar-refractivity contribution in [2.75, 3.05) is 27.4 Å². The molecule has 1 N–H and O–H groups in total. The summed E-state index contributed by atoms with van der Waals surface area (Å²) in [6, 6.07) is 0. The number of hydrogen-bond donors (Lipinski definition) is 1. The monoisotopic (exact) mass is 324 g/mol. The normalized spacial score (nSPS) is 8.05. The minimum Gasteiger partial charge on any atom is -0.481 e. The highest BCUT2D eigenvalue weighted by Crippen LogP contribution is 1.92. The SMILES string of the molecule is CC(=O)O.CCOC(=O)OCC.COC(=O)CCC(=O)OC. The van der Waals surface area contributed by atoms with Crippen LogP contribution in [0.1, 0.15) is 33.6 Å². The molecular formula is C13H24O9. The van der Waals surface area contributed by atoms with Gasteiger partial charge in [0.2, 0.25) is 0 Å². The maximum absolute atomic E-state index is 10.4. The minimum atomic E-state index is -0.833. The van der Waals surface area contributed by atoms with Crippen molar-refractivity contribution in [1.29, 1.82) is 0 Å². The topological polar surface area (TPSA) is 125 Å². The summed E-state index contributed by atoms with van der Waals surface area (Å²) in [6.07, 6.45) is -0.415. The van der Waals surface area contributed by atoms with Crippen LogP contribution in [-0.2, 0) is 33.3 Å². The number of rotatable bonds is 5. The second-order valence-corrected chi connectivity index (χ2v) is 3.29. The van der Waals surface area contributed by atoms with Gasteiger partial charge in [-0.1, -0.05) is 0 Å². The van der Waals surface area contributed by atoms with E-state index in [-0.39, 0.29) is 12.8 Å². The van der Waals surface area contributed by atoms with Gasteiger partial charge in [-0.25, -0.2) is 4.79 Å². The highest BCUT2D eigenvalue weighted by Gasteiger charge is 2.05. The summed E-state index contributed by atoms with van der Waals surface area (Å²) in [6.45, 7) is 5.30. The van der Waals surface area contributed by atoms with Gasteiger partial charge in [-0.05, 0) is 13.8 Å². The minimum absolute atomic E-state index is 0.0865. The lowest BCUT2D eigenvalue weighted by atomic mass is 10.3. The van der Waals surface area contributed by atoms with Gasteiger partial charge in [0.1, 0.15) is 0 Å². The van der Waals surface area contributed by atoms with Crippen LogP contribution < -0.4 is 0 Å². The Morgan fingerprint density at radius 3 is 1.27 bits per heavy atom. The van der Waals surface area contributed by atoms with Crippen molar-refractivity contribution in [3.8, 4) is 0 Å². The zero-order valence-corrected chi connectivity index (χ0v) is 13.5. The number of carboxylic acids is 1. The third-order valence-electron chi connectivity index (χ3n) is 1.51. The highest BCUT2D eigenvalue weighted by atomic mass is 16.7. The number of carbonyl (C=O) groups excluding carboxylic acids is 3. The van der Waals surface area contributed by atoms with Crippen LogP contribution in [0.2, 0.25) is 0 Å². The summed E-state index contributed by atoms with van der Waals surface area (Å²) in [5.74, 6) is -1.63. The Balaban J connectivity index is -0.000000269. The van der Waals surface area contributed by atoms with Crippen molar-refractivity contribution in [1.82, 2.24) is 0 Å². The molecule has 0 amide bonds. The maximum Gasteiger partial charge on any atom is 0.508 e. The molecule has 0 heterocycles. The summed E-state index contributed by atoms with van der Waals surface area (Å²) in [5.41, 5.74) is 0. The predicted octanol–water partition coefficient (Wildman–Crippen LogP) is 1.38. The standard InChI is InChI=1S/C6H10O4.C5H10O3.C2H4O2/c1-9-5(7)3-4-6(8)10-2;1-3-7-5(6)8-4-2;1-2(3)4/h3-4H2,1-2H3;3-4H2,1-2H3;1H3,(H,3,4). The molecule has 0 bridgehead atoms. The highest BCUT2D eigenvalue weighted by molar-refractivity contribution is 5.77. The largest absolute Gasteiger partial charge is 0.508 e. The first-order chi connectivity index (χ1) is 10.2. The zero-order valence-electron chi connectivity index (χ0n) is 13.5. The van der Waals surface area contributed by atoms with E-state index in [0.717, 1.165) is 6.92 Å². The smallest absolute Gasteiger partial charge is 0.481 e. The van der Waals surface area contributed by atoms with Crippen molar-refractivity contribution in [3.05, 3.63) is 0 Å². The van der Waals surface area contributed by atoms with E-state index in [1.807, 2.05) is 0 Å². The third-order valence-corrected chi connectivity index (χ3v) is 1.51. The maximum atomic E-state index is 10.4.